The van der Waals surface area contributed by atoms with Crippen molar-refractivity contribution in [1.82, 2.24) is 9.38 Å². The van der Waals surface area contributed by atoms with E-state index in [1.807, 2.05) is 24.4 Å². The molecule has 2 aromatic heterocycles. The van der Waals surface area contributed by atoms with Crippen LogP contribution >= 0.6 is 15.9 Å². The number of rotatable bonds is 1. The summed E-state index contributed by atoms with van der Waals surface area (Å²) in [5.74, 6) is 0.980. The van der Waals surface area contributed by atoms with E-state index in [0.29, 0.717) is 0 Å². The predicted molar refractivity (Wildman–Crippen MR) is 85.8 cm³/mol. The SMILES string of the molecule is Brc1ccc2c(ccc3cnc(-c4ccccc4)n32)c1. The molecule has 0 saturated carbocycles. The molecule has 0 bridgehead atoms. The Balaban J connectivity index is 2.13. The van der Waals surface area contributed by atoms with E-state index < -0.39 is 0 Å². The maximum absolute atomic E-state index is 4.59. The minimum atomic E-state index is 0.980. The van der Waals surface area contributed by atoms with E-state index in [2.05, 4.69) is 67.8 Å². The minimum Gasteiger partial charge on any atom is -0.292 e. The van der Waals surface area contributed by atoms with Crippen LogP contribution in [0.5, 0.6) is 0 Å². The molecule has 0 aliphatic heterocycles. The zero-order valence-electron chi connectivity index (χ0n) is 10.6. The quantitative estimate of drug-likeness (QED) is 0.486. The molecule has 0 radical (unpaired) electrons. The largest absolute Gasteiger partial charge is 0.292 e. The second-order valence-corrected chi connectivity index (χ2v) is 5.66. The Morgan fingerprint density at radius 3 is 2.60 bits per heavy atom. The van der Waals surface area contributed by atoms with E-state index >= 15 is 0 Å². The Bertz CT molecular complexity index is 910. The molecule has 0 amide bonds. The number of imidazole rings is 1. The second kappa shape index (κ2) is 4.46. The lowest BCUT2D eigenvalue weighted by atomic mass is 10.2. The summed E-state index contributed by atoms with van der Waals surface area (Å²) in [6.07, 6.45) is 1.92. The first-order valence-electron chi connectivity index (χ1n) is 6.44. The summed E-state index contributed by atoms with van der Waals surface area (Å²) >= 11 is 3.53. The smallest absolute Gasteiger partial charge is 0.144 e. The third-order valence-electron chi connectivity index (χ3n) is 3.49. The first kappa shape index (κ1) is 11.7. The molecule has 96 valence electrons. The molecule has 4 aromatic rings. The van der Waals surface area contributed by atoms with E-state index in [-0.39, 0.29) is 0 Å². The lowest BCUT2D eigenvalue weighted by molar-refractivity contribution is 1.21. The highest BCUT2D eigenvalue weighted by Gasteiger charge is 2.09. The van der Waals surface area contributed by atoms with Crippen molar-refractivity contribution in [2.45, 2.75) is 0 Å². The van der Waals surface area contributed by atoms with Gasteiger partial charge < -0.3 is 0 Å². The van der Waals surface area contributed by atoms with E-state index in [1.165, 1.54) is 10.9 Å². The van der Waals surface area contributed by atoms with E-state index in [0.717, 1.165) is 21.4 Å². The van der Waals surface area contributed by atoms with Gasteiger partial charge >= 0.3 is 0 Å². The molecule has 0 atom stereocenters. The molecule has 0 aliphatic rings. The standard InChI is InChI=1S/C17H11BrN2/c18-14-7-9-16-13(10-14)6-8-15-11-19-17(20(15)16)12-4-2-1-3-5-12/h1-11H. The summed E-state index contributed by atoms with van der Waals surface area (Å²) < 4.78 is 3.29. The highest BCUT2D eigenvalue weighted by atomic mass is 79.9. The van der Waals surface area contributed by atoms with Crippen molar-refractivity contribution < 1.29 is 0 Å². The van der Waals surface area contributed by atoms with Crippen LogP contribution in [0.2, 0.25) is 0 Å². The van der Waals surface area contributed by atoms with Crippen LogP contribution in [-0.4, -0.2) is 9.38 Å². The third-order valence-corrected chi connectivity index (χ3v) is 3.98. The zero-order valence-corrected chi connectivity index (χ0v) is 12.2. The monoisotopic (exact) mass is 322 g/mol. The van der Waals surface area contributed by atoms with Gasteiger partial charge in [-0.2, -0.15) is 0 Å². The molecule has 0 fully saturated rings. The van der Waals surface area contributed by atoms with Crippen molar-refractivity contribution in [3.8, 4) is 11.4 Å². The Hall–Kier alpha value is -2.13. The topological polar surface area (TPSA) is 17.3 Å². The minimum absolute atomic E-state index is 0.980. The number of nitrogens with zero attached hydrogens (tertiary/aromatic N) is 2. The number of benzene rings is 2. The number of aromatic nitrogens is 2. The molecule has 2 heterocycles. The van der Waals surface area contributed by atoms with Crippen LogP contribution in [0, 0.1) is 0 Å². The number of hydrogen-bond donors (Lipinski definition) is 0. The van der Waals surface area contributed by atoms with Crippen molar-refractivity contribution in [3.05, 3.63) is 71.3 Å². The van der Waals surface area contributed by atoms with Crippen molar-refractivity contribution >= 4 is 32.3 Å². The molecular weight excluding hydrogens is 312 g/mol. The van der Waals surface area contributed by atoms with Crippen LogP contribution in [0.3, 0.4) is 0 Å². The fraction of sp³-hybridized carbons (Fsp3) is 0. The maximum Gasteiger partial charge on any atom is 0.144 e. The van der Waals surface area contributed by atoms with Crippen LogP contribution in [0.1, 0.15) is 0 Å². The number of pyridine rings is 1. The highest BCUT2D eigenvalue weighted by molar-refractivity contribution is 9.10. The van der Waals surface area contributed by atoms with Crippen LogP contribution in [0.4, 0.5) is 0 Å². The van der Waals surface area contributed by atoms with Gasteiger partial charge in [0.2, 0.25) is 0 Å². The Morgan fingerprint density at radius 2 is 1.75 bits per heavy atom. The molecule has 20 heavy (non-hydrogen) atoms. The van der Waals surface area contributed by atoms with E-state index in [4.69, 9.17) is 0 Å². The number of halogens is 1. The molecular formula is C17H11BrN2. The highest BCUT2D eigenvalue weighted by Crippen LogP contribution is 2.26. The van der Waals surface area contributed by atoms with Gasteiger partial charge in [0.25, 0.3) is 0 Å². The summed E-state index contributed by atoms with van der Waals surface area (Å²) in [4.78, 5) is 4.59. The Labute approximate surface area is 124 Å². The van der Waals surface area contributed by atoms with Gasteiger partial charge in [-0.3, -0.25) is 4.40 Å². The van der Waals surface area contributed by atoms with E-state index in [1.54, 1.807) is 0 Å². The molecule has 0 saturated heterocycles. The fourth-order valence-corrected chi connectivity index (χ4v) is 2.94. The Kier molecular flexibility index (Phi) is 2.60. The molecule has 2 nitrogen and oxygen atoms in total. The molecule has 0 aliphatic carbocycles. The van der Waals surface area contributed by atoms with Crippen LogP contribution < -0.4 is 0 Å². The van der Waals surface area contributed by atoms with Gasteiger partial charge in [0, 0.05) is 10.0 Å². The van der Waals surface area contributed by atoms with Gasteiger partial charge in [0.15, 0.2) is 0 Å². The first-order chi connectivity index (χ1) is 9.83. The number of hydrogen-bond acceptors (Lipinski definition) is 1. The van der Waals surface area contributed by atoms with Gasteiger partial charge in [-0.1, -0.05) is 52.3 Å². The van der Waals surface area contributed by atoms with Crippen molar-refractivity contribution in [2.24, 2.45) is 0 Å². The molecule has 4 rings (SSSR count). The Morgan fingerprint density at radius 1 is 0.900 bits per heavy atom. The van der Waals surface area contributed by atoms with Gasteiger partial charge in [-0.15, -0.1) is 0 Å². The van der Waals surface area contributed by atoms with Gasteiger partial charge in [-0.05, 0) is 29.7 Å². The predicted octanol–water partition coefficient (Wildman–Crippen LogP) is 4.92. The molecule has 0 unspecified atom stereocenters. The summed E-state index contributed by atoms with van der Waals surface area (Å²) in [7, 11) is 0. The van der Waals surface area contributed by atoms with Crippen molar-refractivity contribution in [1.29, 1.82) is 0 Å². The normalized spacial score (nSPS) is 11.2. The molecule has 3 heteroatoms. The van der Waals surface area contributed by atoms with Crippen LogP contribution in [0.25, 0.3) is 27.8 Å². The van der Waals surface area contributed by atoms with E-state index in [9.17, 15) is 0 Å². The third kappa shape index (κ3) is 1.74. The van der Waals surface area contributed by atoms with Crippen LogP contribution in [0.15, 0.2) is 71.3 Å². The van der Waals surface area contributed by atoms with Crippen molar-refractivity contribution in [2.75, 3.05) is 0 Å². The lowest BCUT2D eigenvalue weighted by Gasteiger charge is -2.06. The fourth-order valence-electron chi connectivity index (χ4n) is 2.56. The first-order valence-corrected chi connectivity index (χ1v) is 7.23. The lowest BCUT2D eigenvalue weighted by Crippen LogP contribution is -1.91. The second-order valence-electron chi connectivity index (χ2n) is 4.74. The summed E-state index contributed by atoms with van der Waals surface area (Å²) in [5, 5.41) is 1.20. The summed E-state index contributed by atoms with van der Waals surface area (Å²) in [5.41, 5.74) is 3.41. The van der Waals surface area contributed by atoms with Crippen molar-refractivity contribution in [3.63, 3.8) is 0 Å². The molecule has 0 spiro atoms. The summed E-state index contributed by atoms with van der Waals surface area (Å²) in [6.45, 7) is 0. The molecule has 2 aromatic carbocycles. The van der Waals surface area contributed by atoms with Gasteiger partial charge in [-0.25, -0.2) is 4.98 Å². The maximum atomic E-state index is 4.59. The zero-order chi connectivity index (χ0) is 13.5. The van der Waals surface area contributed by atoms with Gasteiger partial charge in [0.05, 0.1) is 17.2 Å². The number of fused-ring (bicyclic) bond motifs is 3. The molecule has 0 N–H and O–H groups in total. The van der Waals surface area contributed by atoms with Gasteiger partial charge in [0.1, 0.15) is 5.82 Å². The average molecular weight is 323 g/mol. The summed E-state index contributed by atoms with van der Waals surface area (Å²) in [6, 6.07) is 20.8. The van der Waals surface area contributed by atoms with Crippen LogP contribution in [-0.2, 0) is 0 Å². The average Bonchev–Trinajstić information content (AvgIpc) is 2.92.